The van der Waals surface area contributed by atoms with Gasteiger partial charge in [-0.1, -0.05) is 30.3 Å². The second kappa shape index (κ2) is 7.75. The Morgan fingerprint density at radius 1 is 1.15 bits per heavy atom. The van der Waals surface area contributed by atoms with Crippen LogP contribution in [0.2, 0.25) is 0 Å². The Labute approximate surface area is 196 Å². The summed E-state index contributed by atoms with van der Waals surface area (Å²) in [6.07, 6.45) is 1.52. The maximum absolute atomic E-state index is 13.0. The Balaban J connectivity index is 1.04. The molecule has 0 bridgehead atoms. The van der Waals surface area contributed by atoms with Crippen molar-refractivity contribution in [3.8, 4) is 11.3 Å². The van der Waals surface area contributed by atoms with Gasteiger partial charge in [-0.25, -0.2) is 0 Å². The van der Waals surface area contributed by atoms with Crippen molar-refractivity contribution in [3.63, 3.8) is 0 Å². The van der Waals surface area contributed by atoms with Gasteiger partial charge in [0, 0.05) is 43.2 Å². The molecular weight excluding hydrogens is 434 g/mol. The molecule has 6 rings (SSSR count). The van der Waals surface area contributed by atoms with Crippen LogP contribution in [0.3, 0.4) is 0 Å². The molecule has 2 atom stereocenters. The molecule has 1 aliphatic heterocycles. The van der Waals surface area contributed by atoms with Crippen LogP contribution in [-0.4, -0.2) is 53.9 Å². The zero-order chi connectivity index (χ0) is 23.4. The third-order valence-corrected chi connectivity index (χ3v) is 7.54. The first-order valence-electron chi connectivity index (χ1n) is 11.9. The van der Waals surface area contributed by atoms with E-state index in [4.69, 9.17) is 9.15 Å². The van der Waals surface area contributed by atoms with E-state index < -0.39 is 5.41 Å². The van der Waals surface area contributed by atoms with Gasteiger partial charge in [-0.05, 0) is 31.6 Å². The summed E-state index contributed by atoms with van der Waals surface area (Å²) in [5.41, 5.74) is 2.40. The lowest BCUT2D eigenvalue weighted by Gasteiger charge is -2.20. The molecular formula is C26H27N3O5. The van der Waals surface area contributed by atoms with Gasteiger partial charge >= 0.3 is 5.97 Å². The molecule has 3 aliphatic rings. The Morgan fingerprint density at radius 2 is 1.88 bits per heavy atom. The summed E-state index contributed by atoms with van der Waals surface area (Å²) in [6, 6.07) is 13.5. The van der Waals surface area contributed by atoms with E-state index >= 15 is 0 Å². The number of rotatable bonds is 7. The van der Waals surface area contributed by atoms with Crippen LogP contribution in [-0.2, 0) is 14.3 Å². The first-order chi connectivity index (χ1) is 16.5. The number of nitrogens with zero attached hydrogens (tertiary/aromatic N) is 1. The van der Waals surface area contributed by atoms with Gasteiger partial charge in [-0.2, -0.15) is 0 Å². The number of amides is 2. The van der Waals surface area contributed by atoms with Gasteiger partial charge in [0.25, 0.3) is 5.91 Å². The number of carbonyl (C=O) groups is 3. The molecule has 3 heterocycles. The maximum Gasteiger partial charge on any atom is 0.313 e. The SMILES string of the molecule is CCOC(=O)C1(CNC(=O)C2[C@H]3CN(C(=O)c4cc5oc(-c6ccccc6)cc5[nH]4)C[C@H]23)CC1. The fourth-order valence-corrected chi connectivity index (χ4v) is 5.30. The smallest absolute Gasteiger partial charge is 0.313 e. The van der Waals surface area contributed by atoms with E-state index in [1.807, 2.05) is 41.3 Å². The molecule has 1 saturated heterocycles. The zero-order valence-corrected chi connectivity index (χ0v) is 19.0. The largest absolute Gasteiger partial charge is 0.466 e. The van der Waals surface area contributed by atoms with Crippen molar-refractivity contribution < 1.29 is 23.5 Å². The van der Waals surface area contributed by atoms with Crippen molar-refractivity contribution in [2.75, 3.05) is 26.2 Å². The lowest BCUT2D eigenvalue weighted by Crippen LogP contribution is -2.39. The number of likely N-dealkylation sites (tertiary alicyclic amines) is 1. The molecule has 3 fully saturated rings. The molecule has 176 valence electrons. The topological polar surface area (TPSA) is 105 Å². The van der Waals surface area contributed by atoms with Crippen molar-refractivity contribution in [1.82, 2.24) is 15.2 Å². The van der Waals surface area contributed by atoms with Gasteiger partial charge < -0.3 is 24.4 Å². The fourth-order valence-electron chi connectivity index (χ4n) is 5.30. The number of hydrogen-bond acceptors (Lipinski definition) is 5. The molecule has 2 N–H and O–H groups in total. The van der Waals surface area contributed by atoms with Crippen molar-refractivity contribution in [1.29, 1.82) is 0 Å². The molecule has 0 unspecified atom stereocenters. The summed E-state index contributed by atoms with van der Waals surface area (Å²) in [7, 11) is 0. The van der Waals surface area contributed by atoms with Gasteiger partial charge in [-0.3, -0.25) is 14.4 Å². The third kappa shape index (κ3) is 3.48. The summed E-state index contributed by atoms with van der Waals surface area (Å²) in [4.78, 5) is 42.8. The van der Waals surface area contributed by atoms with Crippen molar-refractivity contribution in [2.45, 2.75) is 19.8 Å². The fraction of sp³-hybridized carbons (Fsp3) is 0.423. The number of piperidine rings is 1. The second-order valence-corrected chi connectivity index (χ2v) is 9.72. The van der Waals surface area contributed by atoms with Gasteiger partial charge in [0.05, 0.1) is 17.5 Å². The molecule has 2 aliphatic carbocycles. The van der Waals surface area contributed by atoms with Crippen LogP contribution in [0.5, 0.6) is 0 Å². The van der Waals surface area contributed by atoms with E-state index in [1.165, 1.54) is 0 Å². The number of hydrogen-bond donors (Lipinski definition) is 2. The predicted octanol–water partition coefficient (Wildman–Crippen LogP) is 3.21. The number of aromatic amines is 1. The second-order valence-electron chi connectivity index (χ2n) is 9.72. The predicted molar refractivity (Wildman–Crippen MR) is 124 cm³/mol. The summed E-state index contributed by atoms with van der Waals surface area (Å²) >= 11 is 0. The summed E-state index contributed by atoms with van der Waals surface area (Å²) in [5, 5.41) is 2.96. The minimum Gasteiger partial charge on any atom is -0.466 e. The normalized spacial score (nSPS) is 24.0. The van der Waals surface area contributed by atoms with E-state index in [2.05, 4.69) is 10.3 Å². The van der Waals surface area contributed by atoms with Crippen LogP contribution in [0.25, 0.3) is 22.4 Å². The van der Waals surface area contributed by atoms with Crippen LogP contribution in [0, 0.1) is 23.2 Å². The molecule has 3 aromatic rings. The first kappa shape index (κ1) is 21.0. The summed E-state index contributed by atoms with van der Waals surface area (Å²) in [6.45, 7) is 3.62. The molecule has 0 radical (unpaired) electrons. The monoisotopic (exact) mass is 461 g/mol. The van der Waals surface area contributed by atoms with E-state index in [0.717, 1.165) is 29.7 Å². The number of furan rings is 1. The van der Waals surface area contributed by atoms with Crippen LogP contribution in [0.1, 0.15) is 30.3 Å². The number of aromatic nitrogens is 1. The number of ether oxygens (including phenoxy) is 1. The minimum absolute atomic E-state index is 0.0106. The lowest BCUT2D eigenvalue weighted by molar-refractivity contribution is -0.149. The van der Waals surface area contributed by atoms with Gasteiger partial charge in [-0.15, -0.1) is 0 Å². The molecule has 8 nitrogen and oxygen atoms in total. The molecule has 34 heavy (non-hydrogen) atoms. The van der Waals surface area contributed by atoms with E-state index in [0.29, 0.717) is 37.5 Å². The number of nitrogens with one attached hydrogen (secondary N) is 2. The number of benzene rings is 1. The number of carbonyl (C=O) groups excluding carboxylic acids is 3. The minimum atomic E-state index is -0.525. The molecule has 2 amide bonds. The highest BCUT2D eigenvalue weighted by atomic mass is 16.5. The third-order valence-electron chi connectivity index (χ3n) is 7.54. The van der Waals surface area contributed by atoms with E-state index in [-0.39, 0.29) is 35.5 Å². The summed E-state index contributed by atoms with van der Waals surface area (Å²) < 4.78 is 11.1. The van der Waals surface area contributed by atoms with Crippen LogP contribution < -0.4 is 5.32 Å². The van der Waals surface area contributed by atoms with E-state index in [9.17, 15) is 14.4 Å². The van der Waals surface area contributed by atoms with Gasteiger partial charge in [0.2, 0.25) is 5.91 Å². The van der Waals surface area contributed by atoms with Crippen LogP contribution in [0.4, 0.5) is 0 Å². The number of H-pyrrole nitrogens is 1. The lowest BCUT2D eigenvalue weighted by atomic mass is 10.1. The Hall–Kier alpha value is -3.55. The standard InChI is InChI=1S/C26H27N3O5/c1-2-33-25(32)26(8-9-26)14-27-23(30)22-16-12-29(13-17(16)22)24(31)19-11-21-18(28-19)10-20(34-21)15-6-4-3-5-7-15/h3-7,10-11,16-17,22,28H,2,8-9,12-14H2,1H3,(H,27,30)/t16-,17-/m0/s1. The Kier molecular flexibility index (Phi) is 4.79. The highest BCUT2D eigenvalue weighted by Crippen LogP contribution is 2.52. The maximum atomic E-state index is 13.0. The average molecular weight is 462 g/mol. The Morgan fingerprint density at radius 3 is 2.53 bits per heavy atom. The quantitative estimate of drug-likeness (QED) is 0.526. The van der Waals surface area contributed by atoms with Crippen LogP contribution in [0.15, 0.2) is 46.9 Å². The van der Waals surface area contributed by atoms with Crippen molar-refractivity contribution in [3.05, 3.63) is 48.2 Å². The molecule has 1 aromatic carbocycles. The van der Waals surface area contributed by atoms with E-state index in [1.54, 1.807) is 13.0 Å². The molecule has 8 heteroatoms. The average Bonchev–Trinajstić information content (AvgIpc) is 3.59. The zero-order valence-electron chi connectivity index (χ0n) is 19.0. The molecule has 2 aromatic heterocycles. The molecule has 2 saturated carbocycles. The highest BCUT2D eigenvalue weighted by molar-refractivity contribution is 5.98. The first-order valence-corrected chi connectivity index (χ1v) is 11.9. The summed E-state index contributed by atoms with van der Waals surface area (Å²) in [5.74, 6) is 0.759. The van der Waals surface area contributed by atoms with Crippen molar-refractivity contribution >= 4 is 28.9 Å². The van der Waals surface area contributed by atoms with Gasteiger partial charge in [0.1, 0.15) is 11.5 Å². The highest BCUT2D eigenvalue weighted by Gasteiger charge is 2.61. The molecule has 0 spiro atoms. The number of fused-ring (bicyclic) bond motifs is 2. The van der Waals surface area contributed by atoms with Gasteiger partial charge in [0.15, 0.2) is 5.58 Å². The van der Waals surface area contributed by atoms with Crippen LogP contribution >= 0.6 is 0 Å². The Bertz CT molecular complexity index is 1230. The van der Waals surface area contributed by atoms with Crippen molar-refractivity contribution in [2.24, 2.45) is 23.2 Å². The number of esters is 1.